The maximum absolute atomic E-state index is 15.2. The smallest absolute Gasteiger partial charge is 0.328 e. The fraction of sp³-hybridized carbons (Fsp3) is 0.310. The van der Waals surface area contributed by atoms with Crippen molar-refractivity contribution in [2.24, 2.45) is 0 Å². The molecule has 0 spiro atoms. The van der Waals surface area contributed by atoms with E-state index in [1.165, 1.54) is 71.7 Å². The van der Waals surface area contributed by atoms with Crippen LogP contribution in [-0.4, -0.2) is 56.3 Å². The number of carbonyl (C=O) groups is 3. The van der Waals surface area contributed by atoms with Gasteiger partial charge in [0.15, 0.2) is 11.4 Å². The molecule has 0 fully saturated rings. The van der Waals surface area contributed by atoms with Crippen LogP contribution in [0.15, 0.2) is 48.7 Å². The van der Waals surface area contributed by atoms with Gasteiger partial charge in [-0.25, -0.2) is 18.6 Å². The summed E-state index contributed by atoms with van der Waals surface area (Å²) in [4.78, 5) is 41.5. The van der Waals surface area contributed by atoms with Crippen molar-refractivity contribution in [2.45, 2.75) is 38.8 Å². The number of hydrogen-bond acceptors (Lipinski definition) is 9. The standard InChI is InChI=1S/C29H30F2N2O8/c1-15(33-28(35)26-27(41-17(3)34)24(39-6)11-12-32-26)29(36)40-16(2)25(20-9-7-18(37-4)13-22(20)30)21-10-8-19(38-5)14-23(21)31/h7-16,25H,1-6H3,(H,33,35)/t15-,16-/m0/s1. The van der Waals surface area contributed by atoms with E-state index >= 15 is 8.78 Å². The van der Waals surface area contributed by atoms with E-state index in [1.54, 1.807) is 0 Å². The zero-order valence-corrected chi connectivity index (χ0v) is 23.3. The Morgan fingerprint density at radius 1 is 0.854 bits per heavy atom. The molecule has 2 aromatic carbocycles. The van der Waals surface area contributed by atoms with E-state index < -0.39 is 47.5 Å². The molecule has 0 aliphatic carbocycles. The number of hydrogen-bond donors (Lipinski definition) is 1. The molecule has 1 heterocycles. The number of rotatable bonds is 11. The van der Waals surface area contributed by atoms with Crippen LogP contribution < -0.4 is 24.3 Å². The van der Waals surface area contributed by atoms with Crippen molar-refractivity contribution in [1.82, 2.24) is 10.3 Å². The Morgan fingerprint density at radius 2 is 1.41 bits per heavy atom. The lowest BCUT2D eigenvalue weighted by atomic mass is 9.86. The van der Waals surface area contributed by atoms with Gasteiger partial charge in [-0.2, -0.15) is 0 Å². The van der Waals surface area contributed by atoms with Crippen molar-refractivity contribution in [3.63, 3.8) is 0 Å². The van der Waals surface area contributed by atoms with Crippen molar-refractivity contribution in [1.29, 1.82) is 0 Å². The van der Waals surface area contributed by atoms with Crippen LogP contribution in [0, 0.1) is 11.6 Å². The second-order valence-electron chi connectivity index (χ2n) is 8.87. The first kappa shape index (κ1) is 30.8. The molecule has 0 aliphatic heterocycles. The third-order valence-electron chi connectivity index (χ3n) is 6.11. The summed E-state index contributed by atoms with van der Waals surface area (Å²) in [6, 6.07) is 8.30. The predicted octanol–water partition coefficient (Wildman–Crippen LogP) is 4.19. The highest BCUT2D eigenvalue weighted by Crippen LogP contribution is 2.36. The Hall–Kier alpha value is -4.74. The number of benzene rings is 2. The van der Waals surface area contributed by atoms with Gasteiger partial charge in [0, 0.05) is 31.3 Å². The summed E-state index contributed by atoms with van der Waals surface area (Å²) in [6.07, 6.45) is 0.169. The van der Waals surface area contributed by atoms with E-state index in [-0.39, 0.29) is 39.8 Å². The highest BCUT2D eigenvalue weighted by Gasteiger charge is 2.32. The maximum atomic E-state index is 15.2. The first-order valence-corrected chi connectivity index (χ1v) is 12.4. The lowest BCUT2D eigenvalue weighted by Gasteiger charge is -2.27. The van der Waals surface area contributed by atoms with E-state index in [1.807, 2.05) is 0 Å². The van der Waals surface area contributed by atoms with Gasteiger partial charge in [0.05, 0.1) is 27.2 Å². The molecule has 12 heteroatoms. The van der Waals surface area contributed by atoms with Crippen LogP contribution in [0.2, 0.25) is 0 Å². The molecule has 2 atom stereocenters. The predicted molar refractivity (Wildman–Crippen MR) is 142 cm³/mol. The number of esters is 2. The normalized spacial score (nSPS) is 12.2. The minimum atomic E-state index is -1.23. The molecule has 0 aliphatic rings. The number of pyridine rings is 1. The summed E-state index contributed by atoms with van der Waals surface area (Å²) in [5, 5.41) is 2.43. The number of nitrogens with zero attached hydrogens (tertiary/aromatic N) is 1. The van der Waals surface area contributed by atoms with E-state index in [2.05, 4.69) is 10.3 Å². The molecule has 1 N–H and O–H groups in total. The molecule has 0 saturated heterocycles. The summed E-state index contributed by atoms with van der Waals surface area (Å²) in [6.45, 7) is 3.98. The third-order valence-corrected chi connectivity index (χ3v) is 6.11. The van der Waals surface area contributed by atoms with Crippen LogP contribution in [0.25, 0.3) is 0 Å². The van der Waals surface area contributed by atoms with Gasteiger partial charge in [-0.3, -0.25) is 9.59 Å². The van der Waals surface area contributed by atoms with E-state index in [0.717, 1.165) is 19.1 Å². The average Bonchev–Trinajstić information content (AvgIpc) is 2.94. The van der Waals surface area contributed by atoms with Crippen LogP contribution in [0.1, 0.15) is 48.3 Å². The number of aromatic nitrogens is 1. The highest BCUT2D eigenvalue weighted by molar-refractivity contribution is 5.98. The highest BCUT2D eigenvalue weighted by atomic mass is 19.1. The summed E-state index contributed by atoms with van der Waals surface area (Å²) in [5.41, 5.74) is -0.192. The van der Waals surface area contributed by atoms with Gasteiger partial charge < -0.3 is 29.0 Å². The molecular formula is C29H30F2N2O8. The zero-order chi connectivity index (χ0) is 30.3. The van der Waals surface area contributed by atoms with Crippen molar-refractivity contribution < 1.29 is 46.8 Å². The van der Waals surface area contributed by atoms with Crippen LogP contribution in [0.3, 0.4) is 0 Å². The number of nitrogens with one attached hydrogen (secondary N) is 1. The fourth-order valence-corrected chi connectivity index (χ4v) is 4.12. The van der Waals surface area contributed by atoms with Crippen molar-refractivity contribution in [3.8, 4) is 23.0 Å². The van der Waals surface area contributed by atoms with Gasteiger partial charge in [0.2, 0.25) is 5.75 Å². The quantitative estimate of drug-likeness (QED) is 0.337. The Balaban J connectivity index is 1.87. The Bertz CT molecular complexity index is 1380. The van der Waals surface area contributed by atoms with Crippen LogP contribution in [-0.2, 0) is 14.3 Å². The monoisotopic (exact) mass is 572 g/mol. The van der Waals surface area contributed by atoms with Gasteiger partial charge in [-0.15, -0.1) is 0 Å². The average molecular weight is 573 g/mol. The lowest BCUT2D eigenvalue weighted by molar-refractivity contribution is -0.150. The molecule has 1 aromatic heterocycles. The van der Waals surface area contributed by atoms with E-state index in [9.17, 15) is 14.4 Å². The first-order chi connectivity index (χ1) is 19.5. The second-order valence-corrected chi connectivity index (χ2v) is 8.87. The molecule has 218 valence electrons. The molecule has 0 saturated carbocycles. The minimum absolute atomic E-state index is 0.0541. The van der Waals surface area contributed by atoms with Gasteiger partial charge in [0.25, 0.3) is 5.91 Å². The maximum Gasteiger partial charge on any atom is 0.328 e. The first-order valence-electron chi connectivity index (χ1n) is 12.4. The van der Waals surface area contributed by atoms with Crippen molar-refractivity contribution in [3.05, 3.63) is 77.1 Å². The second kappa shape index (κ2) is 13.6. The third kappa shape index (κ3) is 7.27. The number of carbonyl (C=O) groups excluding carboxylic acids is 3. The zero-order valence-electron chi connectivity index (χ0n) is 23.3. The topological polar surface area (TPSA) is 122 Å². The Kier molecular flexibility index (Phi) is 10.2. The number of amides is 1. The Morgan fingerprint density at radius 3 is 1.88 bits per heavy atom. The lowest BCUT2D eigenvalue weighted by Crippen LogP contribution is -2.42. The summed E-state index contributed by atoms with van der Waals surface area (Å²) in [7, 11) is 4.08. The van der Waals surface area contributed by atoms with Crippen LogP contribution >= 0.6 is 0 Å². The number of methoxy groups -OCH3 is 3. The number of halogens is 2. The summed E-state index contributed by atoms with van der Waals surface area (Å²) >= 11 is 0. The van der Waals surface area contributed by atoms with Crippen molar-refractivity contribution in [2.75, 3.05) is 21.3 Å². The molecule has 0 unspecified atom stereocenters. The van der Waals surface area contributed by atoms with Crippen LogP contribution in [0.5, 0.6) is 23.0 Å². The van der Waals surface area contributed by atoms with Crippen molar-refractivity contribution >= 4 is 17.8 Å². The molecule has 0 radical (unpaired) electrons. The molecule has 41 heavy (non-hydrogen) atoms. The van der Waals surface area contributed by atoms with Gasteiger partial charge >= 0.3 is 11.9 Å². The van der Waals surface area contributed by atoms with Gasteiger partial charge in [0.1, 0.15) is 35.3 Å². The molecular weight excluding hydrogens is 542 g/mol. The molecule has 1 amide bonds. The van der Waals surface area contributed by atoms with Crippen LogP contribution in [0.4, 0.5) is 8.78 Å². The van der Waals surface area contributed by atoms with Gasteiger partial charge in [-0.1, -0.05) is 12.1 Å². The summed E-state index contributed by atoms with van der Waals surface area (Å²) < 4.78 is 56.3. The minimum Gasteiger partial charge on any atom is -0.497 e. The molecule has 0 bridgehead atoms. The molecule has 3 aromatic rings. The van der Waals surface area contributed by atoms with Gasteiger partial charge in [-0.05, 0) is 37.1 Å². The molecule has 10 nitrogen and oxygen atoms in total. The number of ether oxygens (including phenoxy) is 5. The largest absolute Gasteiger partial charge is 0.497 e. The SMILES string of the molecule is COc1ccc(C(c2ccc(OC)cc2F)[C@H](C)OC(=O)[C@H](C)NC(=O)c2nccc(OC)c2OC(C)=O)c(F)c1. The summed E-state index contributed by atoms with van der Waals surface area (Å²) in [5.74, 6) is -4.57. The molecule has 3 rings (SSSR count). The fourth-order valence-electron chi connectivity index (χ4n) is 4.12. The Labute approximate surface area is 235 Å². The van der Waals surface area contributed by atoms with E-state index in [0.29, 0.717) is 0 Å². The van der Waals surface area contributed by atoms with E-state index in [4.69, 9.17) is 23.7 Å².